The standard InChI is InChI=1S/C13H16FNO2S/c1-10(16)15(12-6-8-17-9-7-12)18-13-4-2-11(14)3-5-13/h2-5,12H,6-9H2,1H3. The molecule has 1 heterocycles. The summed E-state index contributed by atoms with van der Waals surface area (Å²) in [4.78, 5) is 12.6. The fourth-order valence-electron chi connectivity index (χ4n) is 1.92. The second-order valence-corrected chi connectivity index (χ2v) is 5.28. The minimum Gasteiger partial charge on any atom is -0.381 e. The number of nitrogens with zero attached hydrogens (tertiary/aromatic N) is 1. The topological polar surface area (TPSA) is 29.5 Å². The Labute approximate surface area is 110 Å². The van der Waals surface area contributed by atoms with Crippen molar-refractivity contribution in [1.29, 1.82) is 0 Å². The number of hydrogen-bond acceptors (Lipinski definition) is 3. The number of halogens is 1. The normalized spacial score (nSPS) is 16.6. The van der Waals surface area contributed by atoms with Crippen LogP contribution in [-0.4, -0.2) is 29.5 Å². The third-order valence-corrected chi connectivity index (χ3v) is 4.09. The van der Waals surface area contributed by atoms with Crippen molar-refractivity contribution >= 4 is 17.9 Å². The molecule has 0 saturated carbocycles. The molecule has 0 aliphatic carbocycles. The first-order chi connectivity index (χ1) is 8.66. The van der Waals surface area contributed by atoms with E-state index in [4.69, 9.17) is 4.74 Å². The first kappa shape index (κ1) is 13.4. The molecule has 0 spiro atoms. The van der Waals surface area contributed by atoms with Gasteiger partial charge in [0.1, 0.15) is 5.82 Å². The van der Waals surface area contributed by atoms with Gasteiger partial charge >= 0.3 is 0 Å². The molecule has 5 heteroatoms. The highest BCUT2D eigenvalue weighted by atomic mass is 32.2. The lowest BCUT2D eigenvalue weighted by molar-refractivity contribution is -0.126. The van der Waals surface area contributed by atoms with E-state index < -0.39 is 0 Å². The summed E-state index contributed by atoms with van der Waals surface area (Å²) < 4.78 is 19.9. The summed E-state index contributed by atoms with van der Waals surface area (Å²) in [6.45, 7) is 2.95. The Bertz CT molecular complexity index is 404. The molecule has 0 radical (unpaired) electrons. The van der Waals surface area contributed by atoms with Gasteiger partial charge in [-0.3, -0.25) is 9.10 Å². The van der Waals surface area contributed by atoms with Crippen molar-refractivity contribution in [3.05, 3.63) is 30.1 Å². The van der Waals surface area contributed by atoms with Crippen LogP contribution < -0.4 is 0 Å². The smallest absolute Gasteiger partial charge is 0.229 e. The Kier molecular flexibility index (Phi) is 4.60. The minimum atomic E-state index is -0.264. The lowest BCUT2D eigenvalue weighted by atomic mass is 10.1. The van der Waals surface area contributed by atoms with Gasteiger partial charge in [-0.1, -0.05) is 0 Å². The van der Waals surface area contributed by atoms with E-state index in [1.54, 1.807) is 23.4 Å². The van der Waals surface area contributed by atoms with Crippen LogP contribution in [-0.2, 0) is 9.53 Å². The largest absolute Gasteiger partial charge is 0.381 e. The van der Waals surface area contributed by atoms with Crippen molar-refractivity contribution in [3.8, 4) is 0 Å². The SMILES string of the molecule is CC(=O)N(Sc1ccc(F)cc1)C1CCOCC1. The molecule has 0 atom stereocenters. The van der Waals surface area contributed by atoms with Gasteiger partial charge in [0.2, 0.25) is 5.91 Å². The summed E-state index contributed by atoms with van der Waals surface area (Å²) in [7, 11) is 0. The number of benzene rings is 1. The Morgan fingerprint density at radius 3 is 2.50 bits per heavy atom. The van der Waals surface area contributed by atoms with Gasteiger partial charge < -0.3 is 4.74 Å². The quantitative estimate of drug-likeness (QED) is 0.790. The molecule has 98 valence electrons. The van der Waals surface area contributed by atoms with Crippen LogP contribution in [0.3, 0.4) is 0 Å². The summed E-state index contributed by atoms with van der Waals surface area (Å²) in [6, 6.07) is 6.39. The summed E-state index contributed by atoms with van der Waals surface area (Å²) in [5, 5.41) is 0. The number of rotatable bonds is 3. The molecule has 1 amide bonds. The molecule has 1 aromatic carbocycles. The maximum Gasteiger partial charge on any atom is 0.229 e. The zero-order chi connectivity index (χ0) is 13.0. The van der Waals surface area contributed by atoms with Crippen LogP contribution in [0.5, 0.6) is 0 Å². The predicted molar refractivity (Wildman–Crippen MR) is 68.6 cm³/mol. The fourth-order valence-corrected chi connectivity index (χ4v) is 2.90. The van der Waals surface area contributed by atoms with E-state index >= 15 is 0 Å². The van der Waals surface area contributed by atoms with Crippen molar-refractivity contribution < 1.29 is 13.9 Å². The molecule has 0 N–H and O–H groups in total. The van der Waals surface area contributed by atoms with Crippen molar-refractivity contribution in [3.63, 3.8) is 0 Å². The molecular weight excluding hydrogens is 253 g/mol. The lowest BCUT2D eigenvalue weighted by Gasteiger charge is -2.32. The predicted octanol–water partition coefficient (Wildman–Crippen LogP) is 2.86. The lowest BCUT2D eigenvalue weighted by Crippen LogP contribution is -2.37. The Morgan fingerprint density at radius 2 is 1.94 bits per heavy atom. The average molecular weight is 269 g/mol. The first-order valence-electron chi connectivity index (χ1n) is 5.98. The number of hydrogen-bond donors (Lipinski definition) is 0. The van der Waals surface area contributed by atoms with Crippen molar-refractivity contribution in [2.75, 3.05) is 13.2 Å². The van der Waals surface area contributed by atoms with Gasteiger partial charge in [0.05, 0.1) is 0 Å². The van der Waals surface area contributed by atoms with Gasteiger partial charge in [-0.25, -0.2) is 4.39 Å². The summed E-state index contributed by atoms with van der Waals surface area (Å²) in [5.41, 5.74) is 0. The molecule has 1 fully saturated rings. The van der Waals surface area contributed by atoms with Gasteiger partial charge in [0.25, 0.3) is 0 Å². The second-order valence-electron chi connectivity index (χ2n) is 4.23. The van der Waals surface area contributed by atoms with E-state index in [9.17, 15) is 9.18 Å². The molecule has 1 aromatic rings. The van der Waals surface area contributed by atoms with Crippen LogP contribution in [0.2, 0.25) is 0 Å². The average Bonchev–Trinajstić information content (AvgIpc) is 2.38. The molecule has 1 saturated heterocycles. The zero-order valence-corrected chi connectivity index (χ0v) is 11.1. The molecule has 0 bridgehead atoms. The number of carbonyl (C=O) groups excluding carboxylic acids is 1. The van der Waals surface area contributed by atoms with E-state index in [0.717, 1.165) is 17.7 Å². The third kappa shape index (κ3) is 3.46. The zero-order valence-electron chi connectivity index (χ0n) is 10.3. The van der Waals surface area contributed by atoms with Crippen LogP contribution in [0.15, 0.2) is 29.2 Å². The number of carbonyl (C=O) groups is 1. The van der Waals surface area contributed by atoms with Gasteiger partial charge in [-0.15, -0.1) is 0 Å². The van der Waals surface area contributed by atoms with Crippen LogP contribution in [0.4, 0.5) is 4.39 Å². The van der Waals surface area contributed by atoms with Crippen LogP contribution in [0.25, 0.3) is 0 Å². The Morgan fingerprint density at radius 1 is 1.33 bits per heavy atom. The van der Waals surface area contributed by atoms with E-state index in [1.807, 2.05) is 0 Å². The van der Waals surface area contributed by atoms with Gasteiger partial charge in [0, 0.05) is 31.1 Å². The van der Waals surface area contributed by atoms with Crippen LogP contribution in [0, 0.1) is 5.82 Å². The van der Waals surface area contributed by atoms with Crippen LogP contribution >= 0.6 is 11.9 Å². The molecule has 1 aliphatic rings. The van der Waals surface area contributed by atoms with Crippen molar-refractivity contribution in [1.82, 2.24) is 4.31 Å². The Hall–Kier alpha value is -1.07. The first-order valence-corrected chi connectivity index (χ1v) is 6.75. The van der Waals surface area contributed by atoms with E-state index in [-0.39, 0.29) is 17.8 Å². The van der Waals surface area contributed by atoms with Gasteiger partial charge in [-0.2, -0.15) is 0 Å². The van der Waals surface area contributed by atoms with E-state index in [0.29, 0.717) is 13.2 Å². The highest BCUT2D eigenvalue weighted by Gasteiger charge is 2.24. The van der Waals surface area contributed by atoms with Gasteiger partial charge in [-0.05, 0) is 49.1 Å². The monoisotopic (exact) mass is 269 g/mol. The highest BCUT2D eigenvalue weighted by molar-refractivity contribution is 7.97. The van der Waals surface area contributed by atoms with Crippen molar-refractivity contribution in [2.24, 2.45) is 0 Å². The summed E-state index contributed by atoms with van der Waals surface area (Å²) in [6.07, 6.45) is 1.71. The second kappa shape index (κ2) is 6.20. The molecule has 3 nitrogen and oxygen atoms in total. The molecule has 2 rings (SSSR count). The minimum absolute atomic E-state index is 0.0243. The molecule has 18 heavy (non-hydrogen) atoms. The highest BCUT2D eigenvalue weighted by Crippen LogP contribution is 2.28. The van der Waals surface area contributed by atoms with Crippen molar-refractivity contribution in [2.45, 2.75) is 30.7 Å². The third-order valence-electron chi connectivity index (χ3n) is 2.85. The summed E-state index contributed by atoms with van der Waals surface area (Å²) in [5.74, 6) is -0.240. The number of ether oxygens (including phenoxy) is 1. The number of amides is 1. The van der Waals surface area contributed by atoms with Gasteiger partial charge in [0.15, 0.2) is 0 Å². The maximum absolute atomic E-state index is 12.8. The maximum atomic E-state index is 12.8. The van der Waals surface area contributed by atoms with E-state index in [2.05, 4.69) is 0 Å². The molecule has 1 aliphatic heterocycles. The van der Waals surface area contributed by atoms with E-state index in [1.165, 1.54) is 24.1 Å². The Balaban J connectivity index is 2.05. The molecule has 0 unspecified atom stereocenters. The van der Waals surface area contributed by atoms with Crippen LogP contribution in [0.1, 0.15) is 19.8 Å². The fraction of sp³-hybridized carbons (Fsp3) is 0.462. The summed E-state index contributed by atoms with van der Waals surface area (Å²) >= 11 is 1.37. The molecule has 0 aromatic heterocycles. The molecular formula is C13H16FNO2S.